The number of benzene rings is 1. The molecule has 2 atom stereocenters. The predicted molar refractivity (Wildman–Crippen MR) is 121 cm³/mol. The summed E-state index contributed by atoms with van der Waals surface area (Å²) in [7, 11) is -3.38. The molecule has 2 fully saturated rings. The maximum absolute atomic E-state index is 13.4. The summed E-state index contributed by atoms with van der Waals surface area (Å²) >= 11 is 0. The highest BCUT2D eigenvalue weighted by Crippen LogP contribution is 2.37. The lowest BCUT2D eigenvalue weighted by Gasteiger charge is -2.40. The number of nitriles is 1. The van der Waals surface area contributed by atoms with Gasteiger partial charge in [0.2, 0.25) is 5.89 Å². The molecule has 194 valence electrons. The van der Waals surface area contributed by atoms with Crippen molar-refractivity contribution >= 4 is 15.9 Å². The van der Waals surface area contributed by atoms with Gasteiger partial charge in [0.05, 0.1) is 17.6 Å². The first-order valence-electron chi connectivity index (χ1n) is 11.5. The van der Waals surface area contributed by atoms with Gasteiger partial charge in [-0.25, -0.2) is 13.2 Å². The van der Waals surface area contributed by atoms with Gasteiger partial charge in [0, 0.05) is 44.3 Å². The molecule has 2 aliphatic rings. The Morgan fingerprint density at radius 1 is 1.14 bits per heavy atom. The van der Waals surface area contributed by atoms with E-state index in [4.69, 9.17) is 9.78 Å². The van der Waals surface area contributed by atoms with Gasteiger partial charge in [-0.3, -0.25) is 0 Å². The molecule has 36 heavy (non-hydrogen) atoms. The van der Waals surface area contributed by atoms with Crippen LogP contribution in [0, 0.1) is 17.2 Å². The monoisotopic (exact) mass is 525 g/mol. The molecule has 3 heterocycles. The van der Waals surface area contributed by atoms with Crippen LogP contribution < -0.4 is 0 Å². The zero-order chi connectivity index (χ0) is 26.1. The number of sulfone groups is 1. The van der Waals surface area contributed by atoms with Gasteiger partial charge in [0.1, 0.15) is 5.75 Å². The van der Waals surface area contributed by atoms with Crippen molar-refractivity contribution < 1.29 is 30.9 Å². The first kappa shape index (κ1) is 25.9. The van der Waals surface area contributed by atoms with E-state index in [1.165, 1.54) is 12.1 Å². The molecule has 1 aromatic carbocycles. The fourth-order valence-corrected chi connectivity index (χ4v) is 5.33. The van der Waals surface area contributed by atoms with Crippen LogP contribution >= 0.6 is 0 Å². The average Bonchev–Trinajstić information content (AvgIpc) is 3.30. The number of halogens is 3. The zero-order valence-electron chi connectivity index (χ0n) is 19.6. The van der Waals surface area contributed by atoms with Crippen LogP contribution in [-0.4, -0.2) is 66.8 Å². The van der Waals surface area contributed by atoms with Crippen molar-refractivity contribution in [3.05, 3.63) is 47.1 Å². The Bertz CT molecular complexity index is 1230. The number of likely N-dealkylation sites (tertiary alicyclic amines) is 2. The Labute approximate surface area is 206 Å². The highest BCUT2D eigenvalue weighted by Gasteiger charge is 2.37. The number of alkyl halides is 3. The van der Waals surface area contributed by atoms with Gasteiger partial charge in [0.15, 0.2) is 15.7 Å². The minimum Gasteiger partial charge on any atom is -0.339 e. The van der Waals surface area contributed by atoms with Crippen LogP contribution in [0.2, 0.25) is 0 Å². The predicted octanol–water partition coefficient (Wildman–Crippen LogP) is 3.56. The lowest BCUT2D eigenvalue weighted by Crippen LogP contribution is -2.51. The van der Waals surface area contributed by atoms with Gasteiger partial charge < -0.3 is 14.3 Å². The van der Waals surface area contributed by atoms with E-state index in [0.717, 1.165) is 18.4 Å². The van der Waals surface area contributed by atoms with Crippen molar-refractivity contribution in [2.45, 2.75) is 43.0 Å². The number of urea groups is 1. The SMILES string of the molecule is CS(=O)(=O)Cc1noc(C2CC(c3ccc(C(F)(F)F)cc3)CN(C(=O)N3CCC(C#N)CC3)C2)n1. The molecular weight excluding hydrogens is 499 g/mol. The summed E-state index contributed by atoms with van der Waals surface area (Å²) in [6.07, 6.45) is -1.79. The second kappa shape index (κ2) is 10.1. The average molecular weight is 526 g/mol. The maximum Gasteiger partial charge on any atom is 0.416 e. The molecule has 2 saturated heterocycles. The molecule has 2 amide bonds. The van der Waals surface area contributed by atoms with Gasteiger partial charge in [0.25, 0.3) is 0 Å². The lowest BCUT2D eigenvalue weighted by atomic mass is 9.84. The molecule has 2 aromatic rings. The minimum atomic E-state index is -4.45. The molecule has 0 radical (unpaired) electrons. The molecule has 0 saturated carbocycles. The number of amides is 2. The number of piperidine rings is 2. The van der Waals surface area contributed by atoms with Gasteiger partial charge in [-0.1, -0.05) is 17.3 Å². The largest absolute Gasteiger partial charge is 0.416 e. The van der Waals surface area contributed by atoms with Crippen LogP contribution in [0.3, 0.4) is 0 Å². The molecule has 0 bridgehead atoms. The quantitative estimate of drug-likeness (QED) is 0.598. The fourth-order valence-electron chi connectivity index (χ4n) is 4.75. The van der Waals surface area contributed by atoms with E-state index in [9.17, 15) is 26.4 Å². The van der Waals surface area contributed by atoms with E-state index in [1.54, 1.807) is 9.80 Å². The van der Waals surface area contributed by atoms with E-state index in [1.807, 2.05) is 0 Å². The summed E-state index contributed by atoms with van der Waals surface area (Å²) < 4.78 is 67.7. The van der Waals surface area contributed by atoms with E-state index in [-0.39, 0.29) is 41.9 Å². The fraction of sp³-hybridized carbons (Fsp3) is 0.565. The van der Waals surface area contributed by atoms with E-state index in [2.05, 4.69) is 16.2 Å². The maximum atomic E-state index is 13.4. The third-order valence-electron chi connectivity index (χ3n) is 6.60. The molecule has 4 rings (SSSR count). The third-order valence-corrected chi connectivity index (χ3v) is 7.39. The number of aromatic nitrogens is 2. The van der Waals surface area contributed by atoms with Crippen molar-refractivity contribution in [1.29, 1.82) is 5.26 Å². The van der Waals surface area contributed by atoms with Gasteiger partial charge in [-0.05, 0) is 37.0 Å². The topological polar surface area (TPSA) is 120 Å². The van der Waals surface area contributed by atoms with Gasteiger partial charge in [-0.15, -0.1) is 0 Å². The summed E-state index contributed by atoms with van der Waals surface area (Å²) in [5.41, 5.74) is -0.112. The lowest BCUT2D eigenvalue weighted by molar-refractivity contribution is -0.137. The van der Waals surface area contributed by atoms with Crippen molar-refractivity contribution in [2.75, 3.05) is 32.4 Å². The second-order valence-corrected chi connectivity index (χ2v) is 11.6. The number of rotatable bonds is 4. The van der Waals surface area contributed by atoms with Crippen molar-refractivity contribution in [1.82, 2.24) is 19.9 Å². The molecule has 0 spiro atoms. The van der Waals surface area contributed by atoms with Crippen molar-refractivity contribution in [2.24, 2.45) is 5.92 Å². The minimum absolute atomic E-state index is 0.0144. The normalized spacial score (nSPS) is 21.9. The third kappa shape index (κ3) is 6.16. The van der Waals surface area contributed by atoms with E-state index >= 15 is 0 Å². The Kier molecular flexibility index (Phi) is 7.26. The zero-order valence-corrected chi connectivity index (χ0v) is 20.4. The highest BCUT2D eigenvalue weighted by atomic mass is 32.2. The van der Waals surface area contributed by atoms with Crippen LogP contribution in [-0.2, 0) is 21.8 Å². The number of hydrogen-bond acceptors (Lipinski definition) is 7. The summed E-state index contributed by atoms with van der Waals surface area (Å²) in [4.78, 5) is 20.9. The smallest absolute Gasteiger partial charge is 0.339 e. The molecule has 13 heteroatoms. The molecular formula is C23H26F3N5O4S. The standard InChI is InChI=1S/C23H26F3N5O4S/c1-36(33,34)14-20-28-21(35-29-20)18-10-17(16-2-4-19(5-3-16)23(24,25)26)12-31(13-18)22(32)30-8-6-15(11-27)7-9-30/h2-5,15,17-18H,6-10,12-14H2,1H3. The van der Waals surface area contributed by atoms with Crippen LogP contribution in [0.1, 0.15) is 53.9 Å². The van der Waals surface area contributed by atoms with Crippen molar-refractivity contribution in [3.63, 3.8) is 0 Å². The second-order valence-electron chi connectivity index (χ2n) is 9.45. The molecule has 2 aliphatic heterocycles. The summed E-state index contributed by atoms with van der Waals surface area (Å²) in [6, 6.07) is 6.89. The molecule has 0 aliphatic carbocycles. The summed E-state index contributed by atoms with van der Waals surface area (Å²) in [5, 5.41) is 12.9. The van der Waals surface area contributed by atoms with Gasteiger partial charge >= 0.3 is 12.2 Å². The van der Waals surface area contributed by atoms with Gasteiger partial charge in [-0.2, -0.15) is 23.4 Å². The number of carbonyl (C=O) groups excluding carboxylic acids is 1. The van der Waals surface area contributed by atoms with Crippen LogP contribution in [0.5, 0.6) is 0 Å². The van der Waals surface area contributed by atoms with E-state index < -0.39 is 27.5 Å². The number of nitrogens with zero attached hydrogens (tertiary/aromatic N) is 5. The molecule has 1 aromatic heterocycles. The Hall–Kier alpha value is -3.14. The highest BCUT2D eigenvalue weighted by molar-refractivity contribution is 7.89. The van der Waals surface area contributed by atoms with Crippen LogP contribution in [0.4, 0.5) is 18.0 Å². The molecule has 2 unspecified atom stereocenters. The first-order chi connectivity index (χ1) is 16.9. The number of hydrogen-bond donors (Lipinski definition) is 0. The first-order valence-corrected chi connectivity index (χ1v) is 13.6. The molecule has 0 N–H and O–H groups in total. The Morgan fingerprint density at radius 2 is 1.78 bits per heavy atom. The van der Waals surface area contributed by atoms with Crippen molar-refractivity contribution in [3.8, 4) is 6.07 Å². The number of carbonyl (C=O) groups is 1. The Balaban J connectivity index is 1.58. The van der Waals surface area contributed by atoms with Crippen LogP contribution in [0.25, 0.3) is 0 Å². The van der Waals surface area contributed by atoms with E-state index in [0.29, 0.717) is 44.5 Å². The van der Waals surface area contributed by atoms with Crippen LogP contribution in [0.15, 0.2) is 28.8 Å². The Morgan fingerprint density at radius 3 is 2.36 bits per heavy atom. The molecule has 9 nitrogen and oxygen atoms in total. The summed E-state index contributed by atoms with van der Waals surface area (Å²) in [5.74, 6) is -0.993. The summed E-state index contributed by atoms with van der Waals surface area (Å²) in [6.45, 7) is 1.43.